The van der Waals surface area contributed by atoms with E-state index < -0.39 is 29.8 Å². The molecule has 1 atom stereocenters. The van der Waals surface area contributed by atoms with Gasteiger partial charge in [-0.25, -0.2) is 9.36 Å². The minimum atomic E-state index is -4.86. The summed E-state index contributed by atoms with van der Waals surface area (Å²) >= 11 is 0. The van der Waals surface area contributed by atoms with E-state index in [1.807, 2.05) is 6.07 Å². The number of nitrogens with one attached hydrogen (secondary N) is 1. The van der Waals surface area contributed by atoms with E-state index in [1.54, 1.807) is 36.4 Å². The molecule has 0 saturated heterocycles. The van der Waals surface area contributed by atoms with E-state index in [-0.39, 0.29) is 23.7 Å². The molecule has 8 nitrogen and oxygen atoms in total. The summed E-state index contributed by atoms with van der Waals surface area (Å²) in [6.07, 6.45) is -2.79. The standard InChI is InChI=1S/C25H21F3N4O4/c1-16-23(34)32(19-7-9-20(10-8-19)36-25(26,27)28)24(35)31(16)22(18-11-13-29-14-12-18)30-21(33)15-17-5-3-2-4-6-17/h2-14,22,34H,15H2,1H3,(H,30,33). The first-order chi connectivity index (χ1) is 17.1. The van der Waals surface area contributed by atoms with Gasteiger partial charge >= 0.3 is 12.1 Å². The zero-order chi connectivity index (χ0) is 25.9. The lowest BCUT2D eigenvalue weighted by Gasteiger charge is -2.21. The number of aromatic hydroxyl groups is 1. The minimum Gasteiger partial charge on any atom is -0.493 e. The zero-order valence-electron chi connectivity index (χ0n) is 18.9. The monoisotopic (exact) mass is 498 g/mol. The Morgan fingerprint density at radius 2 is 1.69 bits per heavy atom. The summed E-state index contributed by atoms with van der Waals surface area (Å²) in [5.41, 5.74) is 0.837. The maximum Gasteiger partial charge on any atom is 0.573 e. The van der Waals surface area contributed by atoms with Crippen molar-refractivity contribution in [1.29, 1.82) is 0 Å². The highest BCUT2D eigenvalue weighted by molar-refractivity contribution is 5.79. The molecule has 0 bridgehead atoms. The molecule has 2 aromatic carbocycles. The summed E-state index contributed by atoms with van der Waals surface area (Å²) in [6, 6.07) is 16.8. The third-order valence-corrected chi connectivity index (χ3v) is 5.41. The number of ether oxygens (including phenoxy) is 1. The van der Waals surface area contributed by atoms with Crippen LogP contribution in [0.15, 0.2) is 83.9 Å². The molecule has 4 aromatic rings. The van der Waals surface area contributed by atoms with Gasteiger partial charge in [-0.15, -0.1) is 13.2 Å². The van der Waals surface area contributed by atoms with Crippen LogP contribution >= 0.6 is 0 Å². The van der Waals surface area contributed by atoms with Crippen LogP contribution in [0.3, 0.4) is 0 Å². The fourth-order valence-corrected chi connectivity index (χ4v) is 3.77. The normalized spacial score (nSPS) is 12.2. The summed E-state index contributed by atoms with van der Waals surface area (Å²) in [5, 5.41) is 13.6. The molecule has 0 radical (unpaired) electrons. The van der Waals surface area contributed by atoms with Crippen molar-refractivity contribution in [2.45, 2.75) is 25.9 Å². The summed E-state index contributed by atoms with van der Waals surface area (Å²) in [5.74, 6) is -1.27. The Bertz CT molecular complexity index is 1400. The minimum absolute atomic E-state index is 0.0591. The molecule has 186 valence electrons. The van der Waals surface area contributed by atoms with E-state index in [4.69, 9.17) is 0 Å². The molecule has 0 aliphatic rings. The third-order valence-electron chi connectivity index (χ3n) is 5.41. The molecule has 0 spiro atoms. The molecule has 0 fully saturated rings. The van der Waals surface area contributed by atoms with Crippen LogP contribution in [-0.4, -0.2) is 31.5 Å². The Balaban J connectivity index is 1.72. The smallest absolute Gasteiger partial charge is 0.493 e. The Labute approximate surface area is 203 Å². The molecular weight excluding hydrogens is 477 g/mol. The maximum absolute atomic E-state index is 13.5. The van der Waals surface area contributed by atoms with Gasteiger partial charge in [-0.05, 0) is 54.4 Å². The molecule has 2 aromatic heterocycles. The summed E-state index contributed by atoms with van der Waals surface area (Å²) < 4.78 is 43.4. The molecule has 1 amide bonds. The van der Waals surface area contributed by atoms with Gasteiger partial charge in [0.15, 0.2) is 0 Å². The van der Waals surface area contributed by atoms with Crippen LogP contribution in [-0.2, 0) is 11.2 Å². The van der Waals surface area contributed by atoms with Gasteiger partial charge in [-0.2, -0.15) is 0 Å². The molecule has 0 aliphatic heterocycles. The lowest BCUT2D eigenvalue weighted by atomic mass is 10.1. The second kappa shape index (κ2) is 9.98. The van der Waals surface area contributed by atoms with Crippen molar-refractivity contribution in [3.05, 3.63) is 106 Å². The lowest BCUT2D eigenvalue weighted by molar-refractivity contribution is -0.274. The number of amides is 1. The fraction of sp³-hybridized carbons (Fsp3) is 0.160. The van der Waals surface area contributed by atoms with Gasteiger partial charge in [-0.3, -0.25) is 14.3 Å². The molecule has 0 saturated carbocycles. The van der Waals surface area contributed by atoms with E-state index in [2.05, 4.69) is 15.0 Å². The van der Waals surface area contributed by atoms with Gasteiger partial charge < -0.3 is 15.2 Å². The van der Waals surface area contributed by atoms with Crippen molar-refractivity contribution in [1.82, 2.24) is 19.4 Å². The van der Waals surface area contributed by atoms with Crippen LogP contribution < -0.4 is 15.7 Å². The van der Waals surface area contributed by atoms with Crippen LogP contribution in [0.25, 0.3) is 5.69 Å². The van der Waals surface area contributed by atoms with E-state index in [0.29, 0.717) is 5.56 Å². The van der Waals surface area contributed by atoms with Gasteiger partial charge in [0.25, 0.3) is 0 Å². The largest absolute Gasteiger partial charge is 0.573 e. The van der Waals surface area contributed by atoms with Gasteiger partial charge in [0.1, 0.15) is 11.9 Å². The number of hydrogen-bond donors (Lipinski definition) is 2. The van der Waals surface area contributed by atoms with Crippen molar-refractivity contribution < 1.29 is 27.8 Å². The molecule has 11 heteroatoms. The molecule has 2 heterocycles. The fourth-order valence-electron chi connectivity index (χ4n) is 3.77. The second-order valence-corrected chi connectivity index (χ2v) is 7.85. The highest BCUT2D eigenvalue weighted by atomic mass is 19.4. The van der Waals surface area contributed by atoms with Crippen LogP contribution in [0.1, 0.15) is 23.0 Å². The molecule has 4 rings (SSSR count). The number of benzene rings is 2. The number of alkyl halides is 3. The van der Waals surface area contributed by atoms with E-state index in [9.17, 15) is 27.9 Å². The topological polar surface area (TPSA) is 98.4 Å². The number of hydrogen-bond acceptors (Lipinski definition) is 5. The zero-order valence-corrected chi connectivity index (χ0v) is 18.9. The molecular formula is C25H21F3N4O4. The molecule has 0 aliphatic carbocycles. The lowest BCUT2D eigenvalue weighted by Crippen LogP contribution is -2.39. The van der Waals surface area contributed by atoms with Crippen LogP contribution in [0.4, 0.5) is 13.2 Å². The van der Waals surface area contributed by atoms with Crippen molar-refractivity contribution >= 4 is 5.91 Å². The number of aromatic nitrogens is 3. The van der Waals surface area contributed by atoms with Crippen LogP contribution in [0, 0.1) is 6.92 Å². The Hall–Kier alpha value is -4.54. The van der Waals surface area contributed by atoms with Crippen molar-refractivity contribution in [2.24, 2.45) is 0 Å². The number of carbonyl (C=O) groups excluding carboxylic acids is 1. The molecule has 36 heavy (non-hydrogen) atoms. The predicted octanol–water partition coefficient (Wildman–Crippen LogP) is 3.85. The van der Waals surface area contributed by atoms with Gasteiger partial charge in [0, 0.05) is 12.4 Å². The van der Waals surface area contributed by atoms with Crippen molar-refractivity contribution in [3.63, 3.8) is 0 Å². The summed E-state index contributed by atoms with van der Waals surface area (Å²) in [7, 11) is 0. The molecule has 2 N–H and O–H groups in total. The van der Waals surface area contributed by atoms with Crippen LogP contribution in [0.2, 0.25) is 0 Å². The molecule has 1 unspecified atom stereocenters. The first-order valence-electron chi connectivity index (χ1n) is 10.8. The third kappa shape index (κ3) is 5.40. The second-order valence-electron chi connectivity index (χ2n) is 7.85. The number of pyridine rings is 1. The average Bonchev–Trinajstić information content (AvgIpc) is 3.06. The Kier molecular flexibility index (Phi) is 6.82. The Morgan fingerprint density at radius 1 is 1.06 bits per heavy atom. The van der Waals surface area contributed by atoms with E-state index in [0.717, 1.165) is 22.3 Å². The first kappa shape index (κ1) is 24.6. The number of rotatable bonds is 7. The highest BCUT2D eigenvalue weighted by Gasteiger charge is 2.31. The first-order valence-corrected chi connectivity index (χ1v) is 10.8. The average molecular weight is 498 g/mol. The number of carbonyl (C=O) groups is 1. The van der Waals surface area contributed by atoms with E-state index >= 15 is 0 Å². The predicted molar refractivity (Wildman–Crippen MR) is 124 cm³/mol. The van der Waals surface area contributed by atoms with Crippen LogP contribution in [0.5, 0.6) is 11.6 Å². The van der Waals surface area contributed by atoms with Gasteiger partial charge in [0.05, 0.1) is 17.8 Å². The summed E-state index contributed by atoms with van der Waals surface area (Å²) in [6.45, 7) is 1.49. The van der Waals surface area contributed by atoms with Gasteiger partial charge in [0.2, 0.25) is 11.8 Å². The van der Waals surface area contributed by atoms with E-state index in [1.165, 1.54) is 36.0 Å². The summed E-state index contributed by atoms with van der Waals surface area (Å²) in [4.78, 5) is 30.3. The van der Waals surface area contributed by atoms with Crippen molar-refractivity contribution in [3.8, 4) is 17.3 Å². The number of imidazole rings is 1. The van der Waals surface area contributed by atoms with Gasteiger partial charge in [-0.1, -0.05) is 30.3 Å². The quantitative estimate of drug-likeness (QED) is 0.403. The maximum atomic E-state index is 13.5. The number of nitrogens with zero attached hydrogens (tertiary/aromatic N) is 3. The SMILES string of the molecule is Cc1c(O)n(-c2ccc(OC(F)(F)F)cc2)c(=O)n1C(NC(=O)Cc1ccccc1)c1ccncc1. The van der Waals surface area contributed by atoms with Crippen molar-refractivity contribution in [2.75, 3.05) is 0 Å². The highest BCUT2D eigenvalue weighted by Crippen LogP contribution is 2.27. The number of halogens is 3. The Morgan fingerprint density at radius 3 is 2.31 bits per heavy atom.